The predicted octanol–water partition coefficient (Wildman–Crippen LogP) is 2.29. The molecule has 1 aromatic rings. The van der Waals surface area contributed by atoms with Crippen LogP contribution >= 0.6 is 0 Å². The first-order valence-electron chi connectivity index (χ1n) is 4.77. The van der Waals surface area contributed by atoms with Crippen LogP contribution in [0.3, 0.4) is 0 Å². The van der Waals surface area contributed by atoms with Crippen molar-refractivity contribution in [2.24, 2.45) is 5.92 Å². The van der Waals surface area contributed by atoms with E-state index in [9.17, 15) is 8.42 Å². The van der Waals surface area contributed by atoms with Gasteiger partial charge < -0.3 is 0 Å². The minimum atomic E-state index is -2.58. The molecule has 0 radical (unpaired) electrons. The molecule has 0 aliphatic carbocycles. The molecule has 82 valence electrons. The number of anilines is 1. The molecule has 0 aliphatic rings. The van der Waals surface area contributed by atoms with E-state index < -0.39 is 10.9 Å². The van der Waals surface area contributed by atoms with Crippen molar-refractivity contribution in [3.05, 3.63) is 35.9 Å². The Balaban J connectivity index is 2.82. The second kappa shape index (κ2) is 5.56. The van der Waals surface area contributed by atoms with Crippen molar-refractivity contribution in [3.63, 3.8) is 0 Å². The number of allylic oxidation sites excluding steroid dienone is 1. The molecule has 15 heavy (non-hydrogen) atoms. The van der Waals surface area contributed by atoms with Gasteiger partial charge in [0.05, 0.1) is 0 Å². The molecule has 1 N–H and O–H groups in total. The summed E-state index contributed by atoms with van der Waals surface area (Å²) in [5.41, 5.74) is 1.59. The van der Waals surface area contributed by atoms with Crippen LogP contribution in [-0.2, 0) is 10.9 Å². The van der Waals surface area contributed by atoms with Gasteiger partial charge in [-0.1, -0.05) is 38.1 Å². The Morgan fingerprint density at radius 1 is 1.33 bits per heavy atom. The molecule has 4 heteroatoms. The molecule has 0 bridgehead atoms. The monoisotopic (exact) mass is 225 g/mol. The SMILES string of the molecule is CC(C)/C=C/c1cccc(N[SH](=O)=O)c1. The average molecular weight is 225 g/mol. The third kappa shape index (κ3) is 4.65. The number of thiol groups is 1. The van der Waals surface area contributed by atoms with Gasteiger partial charge in [-0.3, -0.25) is 4.72 Å². The van der Waals surface area contributed by atoms with Gasteiger partial charge >= 0.3 is 0 Å². The molecule has 0 fully saturated rings. The van der Waals surface area contributed by atoms with E-state index in [1.165, 1.54) is 0 Å². The van der Waals surface area contributed by atoms with Gasteiger partial charge in [0.15, 0.2) is 0 Å². The lowest BCUT2D eigenvalue weighted by molar-refractivity contribution is 0.619. The largest absolute Gasteiger partial charge is 0.286 e. The molecule has 0 saturated heterocycles. The van der Waals surface area contributed by atoms with Crippen molar-refractivity contribution in [1.82, 2.24) is 0 Å². The number of hydrogen-bond donors (Lipinski definition) is 2. The molecule has 0 amide bonds. The fourth-order valence-corrected chi connectivity index (χ4v) is 1.47. The van der Waals surface area contributed by atoms with E-state index in [4.69, 9.17) is 0 Å². The highest BCUT2D eigenvalue weighted by molar-refractivity contribution is 7.73. The summed E-state index contributed by atoms with van der Waals surface area (Å²) >= 11 is 0. The molecule has 1 rings (SSSR count). The fourth-order valence-electron chi connectivity index (χ4n) is 1.12. The molecule has 0 spiro atoms. The number of nitrogens with one attached hydrogen (secondary N) is 1. The highest BCUT2D eigenvalue weighted by atomic mass is 32.2. The van der Waals surface area contributed by atoms with Gasteiger partial charge in [-0.15, -0.1) is 0 Å². The maximum Gasteiger partial charge on any atom is 0.222 e. The van der Waals surface area contributed by atoms with E-state index in [0.29, 0.717) is 11.6 Å². The average Bonchev–Trinajstić information content (AvgIpc) is 2.14. The van der Waals surface area contributed by atoms with E-state index in [1.807, 2.05) is 18.2 Å². The van der Waals surface area contributed by atoms with Crippen molar-refractivity contribution in [1.29, 1.82) is 0 Å². The zero-order valence-corrected chi connectivity index (χ0v) is 9.70. The van der Waals surface area contributed by atoms with E-state index in [-0.39, 0.29) is 0 Å². The molecule has 0 aliphatic heterocycles. The summed E-state index contributed by atoms with van der Waals surface area (Å²) in [7, 11) is -2.58. The van der Waals surface area contributed by atoms with Crippen LogP contribution in [0.1, 0.15) is 19.4 Å². The van der Waals surface area contributed by atoms with Gasteiger partial charge in [-0.25, -0.2) is 8.42 Å². The van der Waals surface area contributed by atoms with Crippen LogP contribution in [-0.4, -0.2) is 8.42 Å². The molecular formula is C11H15NO2S. The number of hydrogen-bond acceptors (Lipinski definition) is 2. The lowest BCUT2D eigenvalue weighted by Gasteiger charge is -2.00. The third-order valence-electron chi connectivity index (χ3n) is 1.78. The Morgan fingerprint density at radius 2 is 2.07 bits per heavy atom. The maximum absolute atomic E-state index is 10.5. The van der Waals surface area contributed by atoms with Gasteiger partial charge in [0.2, 0.25) is 10.9 Å². The number of benzene rings is 1. The summed E-state index contributed by atoms with van der Waals surface area (Å²) in [6.45, 7) is 4.18. The Morgan fingerprint density at radius 3 is 2.67 bits per heavy atom. The van der Waals surface area contributed by atoms with Crippen molar-refractivity contribution in [3.8, 4) is 0 Å². The van der Waals surface area contributed by atoms with Crippen LogP contribution in [0.5, 0.6) is 0 Å². The molecular weight excluding hydrogens is 210 g/mol. The van der Waals surface area contributed by atoms with Crippen LogP contribution in [0.15, 0.2) is 30.3 Å². The zero-order valence-electron chi connectivity index (χ0n) is 8.81. The summed E-state index contributed by atoms with van der Waals surface area (Å²) in [6.07, 6.45) is 4.05. The zero-order chi connectivity index (χ0) is 11.3. The van der Waals surface area contributed by atoms with Crippen molar-refractivity contribution >= 4 is 22.7 Å². The topological polar surface area (TPSA) is 46.2 Å². The molecule has 0 aromatic heterocycles. The smallest absolute Gasteiger partial charge is 0.222 e. The molecule has 0 atom stereocenters. The quantitative estimate of drug-likeness (QED) is 0.772. The lowest BCUT2D eigenvalue weighted by Crippen LogP contribution is -1.94. The standard InChI is InChI=1S/C11H15NO2S/c1-9(2)6-7-10-4-3-5-11(8-10)12-15(13)14/h3-9,15H,1-2H3,(H,12,13,14)/b7-6+. The van der Waals surface area contributed by atoms with Crippen molar-refractivity contribution in [2.75, 3.05) is 4.72 Å². The van der Waals surface area contributed by atoms with Crippen molar-refractivity contribution in [2.45, 2.75) is 13.8 Å². The molecule has 0 saturated carbocycles. The summed E-state index contributed by atoms with van der Waals surface area (Å²) in [6, 6.07) is 7.27. The highest BCUT2D eigenvalue weighted by Gasteiger charge is 1.93. The summed E-state index contributed by atoms with van der Waals surface area (Å²) in [5, 5.41) is 0. The second-order valence-corrected chi connectivity index (χ2v) is 4.34. The normalized spacial score (nSPS) is 11.5. The Hall–Kier alpha value is -1.29. The maximum atomic E-state index is 10.5. The lowest BCUT2D eigenvalue weighted by atomic mass is 10.1. The molecule has 0 heterocycles. The van der Waals surface area contributed by atoms with Gasteiger partial charge in [0.25, 0.3) is 0 Å². The second-order valence-electron chi connectivity index (χ2n) is 3.60. The van der Waals surface area contributed by atoms with E-state index in [2.05, 4.69) is 24.6 Å². The Bertz CT molecular complexity index is 414. The van der Waals surface area contributed by atoms with Crippen LogP contribution < -0.4 is 4.72 Å². The van der Waals surface area contributed by atoms with Gasteiger partial charge in [-0.2, -0.15) is 0 Å². The first kappa shape index (κ1) is 11.8. The van der Waals surface area contributed by atoms with Crippen LogP contribution in [0, 0.1) is 5.92 Å². The minimum Gasteiger partial charge on any atom is -0.286 e. The molecule has 3 nitrogen and oxygen atoms in total. The summed E-state index contributed by atoms with van der Waals surface area (Å²) in [5.74, 6) is 0.484. The van der Waals surface area contributed by atoms with Crippen LogP contribution in [0.4, 0.5) is 5.69 Å². The Kier molecular flexibility index (Phi) is 4.37. The number of rotatable bonds is 4. The fraction of sp³-hybridized carbons (Fsp3) is 0.273. The van der Waals surface area contributed by atoms with E-state index in [1.54, 1.807) is 12.1 Å². The van der Waals surface area contributed by atoms with Crippen LogP contribution in [0.25, 0.3) is 6.08 Å². The highest BCUT2D eigenvalue weighted by Crippen LogP contribution is 2.12. The van der Waals surface area contributed by atoms with Gasteiger partial charge in [0.1, 0.15) is 0 Å². The molecule has 0 unspecified atom stereocenters. The minimum absolute atomic E-state index is 0.484. The third-order valence-corrected chi connectivity index (χ3v) is 2.22. The van der Waals surface area contributed by atoms with E-state index >= 15 is 0 Å². The van der Waals surface area contributed by atoms with Gasteiger partial charge in [0, 0.05) is 5.69 Å². The predicted molar refractivity (Wildman–Crippen MR) is 64.3 cm³/mol. The molecule has 1 aromatic carbocycles. The summed E-state index contributed by atoms with van der Waals surface area (Å²) in [4.78, 5) is 0. The Labute approximate surface area is 91.9 Å². The van der Waals surface area contributed by atoms with Gasteiger partial charge in [-0.05, 0) is 23.6 Å². The van der Waals surface area contributed by atoms with Crippen molar-refractivity contribution < 1.29 is 8.42 Å². The first-order chi connectivity index (χ1) is 7.08. The van der Waals surface area contributed by atoms with Crippen LogP contribution in [0.2, 0.25) is 0 Å². The summed E-state index contributed by atoms with van der Waals surface area (Å²) < 4.78 is 23.3. The van der Waals surface area contributed by atoms with E-state index in [0.717, 1.165) is 5.56 Å². The first-order valence-corrected chi connectivity index (χ1v) is 5.95.